The number of thioether (sulfide) groups is 1. The molecule has 0 atom stereocenters. The first-order valence-electron chi connectivity index (χ1n) is 8.34. The number of aromatic nitrogens is 3. The molecule has 0 spiro atoms. The van der Waals surface area contributed by atoms with Crippen molar-refractivity contribution in [2.24, 2.45) is 7.05 Å². The van der Waals surface area contributed by atoms with Gasteiger partial charge in [-0.2, -0.15) is 0 Å². The fourth-order valence-electron chi connectivity index (χ4n) is 2.82. The van der Waals surface area contributed by atoms with Gasteiger partial charge in [0.05, 0.1) is 14.2 Å². The summed E-state index contributed by atoms with van der Waals surface area (Å²) < 4.78 is 12.8. The van der Waals surface area contributed by atoms with Crippen LogP contribution in [0.5, 0.6) is 11.5 Å². The molecule has 0 fully saturated rings. The average molecular weight is 369 g/mol. The van der Waals surface area contributed by atoms with Crippen molar-refractivity contribution in [3.63, 3.8) is 0 Å². The lowest BCUT2D eigenvalue weighted by atomic mass is 10.1. The third kappa shape index (κ3) is 3.55. The summed E-state index contributed by atoms with van der Waals surface area (Å²) >= 11 is 1.66. The molecule has 3 aromatic rings. The second-order valence-corrected chi connectivity index (χ2v) is 7.04. The van der Waals surface area contributed by atoms with Crippen LogP contribution >= 0.6 is 11.8 Å². The molecule has 0 unspecified atom stereocenters. The molecule has 2 aromatic carbocycles. The summed E-state index contributed by atoms with van der Waals surface area (Å²) in [6.07, 6.45) is 0. The molecule has 1 heterocycles. The highest BCUT2D eigenvalue weighted by atomic mass is 32.2. The summed E-state index contributed by atoms with van der Waals surface area (Å²) in [4.78, 5) is 0. The van der Waals surface area contributed by atoms with Crippen molar-refractivity contribution >= 4 is 11.8 Å². The molecule has 0 radical (unpaired) electrons. The first-order valence-corrected chi connectivity index (χ1v) is 9.33. The van der Waals surface area contributed by atoms with Crippen LogP contribution in [0.2, 0.25) is 0 Å². The van der Waals surface area contributed by atoms with E-state index in [-0.39, 0.29) is 0 Å². The van der Waals surface area contributed by atoms with Gasteiger partial charge in [0.2, 0.25) is 0 Å². The average Bonchev–Trinajstić information content (AvgIpc) is 3.01. The zero-order valence-corrected chi connectivity index (χ0v) is 16.6. The molecule has 0 aliphatic heterocycles. The largest absolute Gasteiger partial charge is 0.493 e. The number of benzene rings is 2. The van der Waals surface area contributed by atoms with Crippen LogP contribution in [0, 0.1) is 13.8 Å². The van der Waals surface area contributed by atoms with Crippen LogP contribution in [0.25, 0.3) is 11.4 Å². The SMILES string of the molecule is COc1cc(C)c(CSc2nnc(-c3ccccc3C)n2C)cc1OC. The highest BCUT2D eigenvalue weighted by Gasteiger charge is 2.14. The van der Waals surface area contributed by atoms with Gasteiger partial charge in [-0.25, -0.2) is 0 Å². The van der Waals surface area contributed by atoms with E-state index in [2.05, 4.69) is 36.2 Å². The van der Waals surface area contributed by atoms with Crippen molar-refractivity contribution in [3.05, 3.63) is 53.1 Å². The van der Waals surface area contributed by atoms with Crippen LogP contribution in [0.15, 0.2) is 41.6 Å². The van der Waals surface area contributed by atoms with Crippen molar-refractivity contribution in [1.29, 1.82) is 0 Å². The second-order valence-electron chi connectivity index (χ2n) is 6.10. The van der Waals surface area contributed by atoms with Gasteiger partial charge in [0.25, 0.3) is 0 Å². The number of hydrogen-bond acceptors (Lipinski definition) is 5. The Morgan fingerprint density at radius 3 is 2.35 bits per heavy atom. The summed E-state index contributed by atoms with van der Waals surface area (Å²) in [6, 6.07) is 12.3. The molecule has 3 rings (SSSR count). The van der Waals surface area contributed by atoms with E-state index in [0.29, 0.717) is 0 Å². The van der Waals surface area contributed by atoms with Gasteiger partial charge in [-0.1, -0.05) is 36.0 Å². The predicted molar refractivity (Wildman–Crippen MR) is 105 cm³/mol. The molecule has 6 heteroatoms. The lowest BCUT2D eigenvalue weighted by Crippen LogP contribution is -1.98. The third-order valence-corrected chi connectivity index (χ3v) is 5.49. The normalized spacial score (nSPS) is 10.8. The van der Waals surface area contributed by atoms with Gasteiger partial charge in [-0.3, -0.25) is 0 Å². The minimum absolute atomic E-state index is 0.743. The smallest absolute Gasteiger partial charge is 0.191 e. The molecule has 0 saturated heterocycles. The van der Waals surface area contributed by atoms with E-state index in [1.165, 1.54) is 11.1 Å². The third-order valence-electron chi connectivity index (χ3n) is 4.42. The Morgan fingerprint density at radius 2 is 1.65 bits per heavy atom. The van der Waals surface area contributed by atoms with Crippen molar-refractivity contribution in [2.75, 3.05) is 14.2 Å². The molecule has 0 aliphatic carbocycles. The topological polar surface area (TPSA) is 49.2 Å². The Labute approximate surface area is 158 Å². The van der Waals surface area contributed by atoms with Gasteiger partial charge in [0.15, 0.2) is 22.5 Å². The highest BCUT2D eigenvalue weighted by Crippen LogP contribution is 2.33. The number of methoxy groups -OCH3 is 2. The zero-order chi connectivity index (χ0) is 18.7. The summed E-state index contributed by atoms with van der Waals surface area (Å²) in [7, 11) is 5.31. The molecule has 1 aromatic heterocycles. The van der Waals surface area contributed by atoms with E-state index in [1.54, 1.807) is 26.0 Å². The molecule has 0 N–H and O–H groups in total. The lowest BCUT2D eigenvalue weighted by Gasteiger charge is -2.12. The Kier molecular flexibility index (Phi) is 5.52. The molecule has 0 bridgehead atoms. The molecule has 5 nitrogen and oxygen atoms in total. The van der Waals surface area contributed by atoms with E-state index < -0.39 is 0 Å². The number of aryl methyl sites for hydroxylation is 2. The maximum absolute atomic E-state index is 5.42. The quantitative estimate of drug-likeness (QED) is 0.603. The maximum atomic E-state index is 5.42. The van der Waals surface area contributed by atoms with Gasteiger partial charge < -0.3 is 14.0 Å². The predicted octanol–water partition coefficient (Wildman–Crippen LogP) is 4.41. The van der Waals surface area contributed by atoms with Gasteiger partial charge in [0, 0.05) is 18.4 Å². The Bertz CT molecular complexity index is 921. The van der Waals surface area contributed by atoms with E-state index in [4.69, 9.17) is 9.47 Å². The molecule has 0 saturated carbocycles. The van der Waals surface area contributed by atoms with Gasteiger partial charge in [0.1, 0.15) is 0 Å². The van der Waals surface area contributed by atoms with Crippen LogP contribution in [0.3, 0.4) is 0 Å². The second kappa shape index (κ2) is 7.83. The fourth-order valence-corrected chi connectivity index (χ4v) is 3.79. The van der Waals surface area contributed by atoms with Crippen LogP contribution in [0.1, 0.15) is 16.7 Å². The van der Waals surface area contributed by atoms with Gasteiger partial charge in [-0.05, 0) is 42.7 Å². The monoisotopic (exact) mass is 369 g/mol. The maximum Gasteiger partial charge on any atom is 0.191 e. The minimum atomic E-state index is 0.743. The molecular weight excluding hydrogens is 346 g/mol. The van der Waals surface area contributed by atoms with Crippen molar-refractivity contribution in [2.45, 2.75) is 24.8 Å². The zero-order valence-electron chi connectivity index (χ0n) is 15.7. The van der Waals surface area contributed by atoms with E-state index in [9.17, 15) is 0 Å². The van der Waals surface area contributed by atoms with Crippen molar-refractivity contribution < 1.29 is 9.47 Å². The van der Waals surface area contributed by atoms with Gasteiger partial charge in [-0.15, -0.1) is 10.2 Å². The van der Waals surface area contributed by atoms with Crippen LogP contribution in [0.4, 0.5) is 0 Å². The molecule has 136 valence electrons. The van der Waals surface area contributed by atoms with Crippen LogP contribution < -0.4 is 9.47 Å². The van der Waals surface area contributed by atoms with E-state index >= 15 is 0 Å². The highest BCUT2D eigenvalue weighted by molar-refractivity contribution is 7.98. The number of rotatable bonds is 6. The van der Waals surface area contributed by atoms with Crippen molar-refractivity contribution in [1.82, 2.24) is 14.8 Å². The van der Waals surface area contributed by atoms with Crippen LogP contribution in [-0.2, 0) is 12.8 Å². The fraction of sp³-hybridized carbons (Fsp3) is 0.300. The van der Waals surface area contributed by atoms with E-state index in [1.807, 2.05) is 35.9 Å². The number of hydrogen-bond donors (Lipinski definition) is 0. The molecule has 26 heavy (non-hydrogen) atoms. The summed E-state index contributed by atoms with van der Waals surface area (Å²) in [5.41, 5.74) is 4.65. The standard InChI is InChI=1S/C20H23N3O2S/c1-13-8-6-7-9-16(13)19-21-22-20(23(19)3)26-12-15-11-18(25-5)17(24-4)10-14(15)2/h6-11H,12H2,1-5H3. The number of ether oxygens (including phenoxy) is 2. The number of nitrogens with zero attached hydrogens (tertiary/aromatic N) is 3. The van der Waals surface area contributed by atoms with Crippen LogP contribution in [-0.4, -0.2) is 29.0 Å². The summed E-state index contributed by atoms with van der Waals surface area (Å²) in [6.45, 7) is 4.16. The summed E-state index contributed by atoms with van der Waals surface area (Å²) in [5, 5.41) is 9.65. The molecular formula is C20H23N3O2S. The Balaban J connectivity index is 1.82. The first kappa shape index (κ1) is 18.3. The minimum Gasteiger partial charge on any atom is -0.493 e. The molecule has 0 amide bonds. The Hall–Kier alpha value is -2.47. The van der Waals surface area contributed by atoms with E-state index in [0.717, 1.165) is 39.4 Å². The van der Waals surface area contributed by atoms with Gasteiger partial charge >= 0.3 is 0 Å². The molecule has 0 aliphatic rings. The first-order chi connectivity index (χ1) is 12.5. The lowest BCUT2D eigenvalue weighted by molar-refractivity contribution is 0.354. The van der Waals surface area contributed by atoms with Crippen molar-refractivity contribution in [3.8, 4) is 22.9 Å². The Morgan fingerprint density at radius 1 is 0.962 bits per heavy atom. The summed E-state index contributed by atoms with van der Waals surface area (Å²) in [5.74, 6) is 3.16.